The highest BCUT2D eigenvalue weighted by molar-refractivity contribution is 7.99. The van der Waals surface area contributed by atoms with Gasteiger partial charge in [-0.3, -0.25) is 10.1 Å². The first-order valence-electron chi connectivity index (χ1n) is 7.83. The molecule has 0 aliphatic rings. The van der Waals surface area contributed by atoms with Gasteiger partial charge in [0.25, 0.3) is 0 Å². The molecule has 3 aromatic rings. The first kappa shape index (κ1) is 18.4. The third-order valence-electron chi connectivity index (χ3n) is 3.39. The van der Waals surface area contributed by atoms with Gasteiger partial charge in [-0.1, -0.05) is 28.8 Å². The third kappa shape index (κ3) is 5.57. The predicted molar refractivity (Wildman–Crippen MR) is 98.9 cm³/mol. The Kier molecular flexibility index (Phi) is 6.25. The fraction of sp³-hybridized carbons (Fsp3) is 0.167. The summed E-state index contributed by atoms with van der Waals surface area (Å²) >= 11 is 7.39. The molecule has 1 heterocycles. The molecule has 134 valence electrons. The molecule has 5 nitrogen and oxygen atoms in total. The molecule has 0 saturated carbocycles. The van der Waals surface area contributed by atoms with E-state index in [0.29, 0.717) is 29.5 Å². The van der Waals surface area contributed by atoms with Crippen molar-refractivity contribution >= 4 is 35.3 Å². The van der Waals surface area contributed by atoms with E-state index in [1.165, 1.54) is 12.1 Å². The summed E-state index contributed by atoms with van der Waals surface area (Å²) in [5.74, 6) is 0.457. The number of hydrogen-bond donors (Lipinski definition) is 1. The van der Waals surface area contributed by atoms with Gasteiger partial charge in [0.15, 0.2) is 0 Å². The molecule has 8 heteroatoms. The minimum Gasteiger partial charge on any atom is -0.407 e. The van der Waals surface area contributed by atoms with Crippen LogP contribution in [-0.4, -0.2) is 21.9 Å². The lowest BCUT2D eigenvalue weighted by Gasteiger charge is -2.02. The molecule has 3 rings (SSSR count). The molecule has 1 amide bonds. The Hall–Kier alpha value is -2.38. The molecule has 0 radical (unpaired) electrons. The number of nitrogens with one attached hydrogen (secondary N) is 1. The van der Waals surface area contributed by atoms with Crippen LogP contribution >= 0.6 is 23.4 Å². The summed E-state index contributed by atoms with van der Waals surface area (Å²) in [5, 5.41) is 10.9. The van der Waals surface area contributed by atoms with Crippen LogP contribution in [0.5, 0.6) is 0 Å². The second-order valence-corrected chi connectivity index (χ2v) is 7.01. The van der Waals surface area contributed by atoms with Crippen LogP contribution in [0, 0.1) is 5.82 Å². The van der Waals surface area contributed by atoms with Gasteiger partial charge in [0, 0.05) is 22.1 Å². The van der Waals surface area contributed by atoms with Crippen LogP contribution < -0.4 is 5.32 Å². The van der Waals surface area contributed by atoms with Crippen LogP contribution in [0.1, 0.15) is 17.9 Å². The maximum Gasteiger partial charge on any atom is 0.322 e. The minimum atomic E-state index is -0.302. The Morgan fingerprint density at radius 3 is 2.58 bits per heavy atom. The lowest BCUT2D eigenvalue weighted by atomic mass is 10.1. The molecule has 1 aromatic heterocycles. The predicted octanol–water partition coefficient (Wildman–Crippen LogP) is 4.57. The summed E-state index contributed by atoms with van der Waals surface area (Å²) in [6.45, 7) is 0. The summed E-state index contributed by atoms with van der Waals surface area (Å²) in [6, 6.07) is 13.5. The van der Waals surface area contributed by atoms with Crippen LogP contribution in [-0.2, 0) is 11.2 Å². The number of anilines is 1. The zero-order valence-electron chi connectivity index (χ0n) is 13.6. The average molecular weight is 392 g/mol. The van der Waals surface area contributed by atoms with Crippen LogP contribution in [0.2, 0.25) is 5.02 Å². The monoisotopic (exact) mass is 391 g/mol. The molecule has 0 unspecified atom stereocenters. The van der Waals surface area contributed by atoms with E-state index < -0.39 is 0 Å². The summed E-state index contributed by atoms with van der Waals surface area (Å²) in [7, 11) is 0. The van der Waals surface area contributed by atoms with Crippen molar-refractivity contribution in [1.29, 1.82) is 0 Å². The quantitative estimate of drug-likeness (QED) is 0.597. The lowest BCUT2D eigenvalue weighted by molar-refractivity contribution is -0.115. The number of benzene rings is 2. The number of hydrogen-bond acceptors (Lipinski definition) is 5. The van der Waals surface area contributed by atoms with Crippen molar-refractivity contribution in [1.82, 2.24) is 10.2 Å². The number of rotatable bonds is 7. The highest BCUT2D eigenvalue weighted by Crippen LogP contribution is 2.21. The molecule has 2 aromatic carbocycles. The first-order valence-corrected chi connectivity index (χ1v) is 9.20. The van der Waals surface area contributed by atoms with Gasteiger partial charge in [0.2, 0.25) is 11.8 Å². The van der Waals surface area contributed by atoms with Crippen LogP contribution in [0.15, 0.2) is 57.8 Å². The number of aromatic nitrogens is 2. The normalized spacial score (nSPS) is 10.7. The Balaban J connectivity index is 1.45. The van der Waals surface area contributed by atoms with Crippen LogP contribution in [0.25, 0.3) is 0 Å². The topological polar surface area (TPSA) is 68.0 Å². The Bertz CT molecular complexity index is 869. The number of amides is 1. The second kappa shape index (κ2) is 8.82. The molecule has 0 spiro atoms. The van der Waals surface area contributed by atoms with Gasteiger partial charge >= 0.3 is 6.01 Å². The summed E-state index contributed by atoms with van der Waals surface area (Å²) in [4.78, 5) is 13.0. The highest BCUT2D eigenvalue weighted by Gasteiger charge is 2.10. The second-order valence-electron chi connectivity index (χ2n) is 5.40. The summed E-state index contributed by atoms with van der Waals surface area (Å²) in [6.07, 6.45) is 0.679. The fourth-order valence-electron chi connectivity index (χ4n) is 2.13. The SMILES string of the molecule is O=C(CCSc1ccc(Cl)cc1)Nc1nnc(Cc2ccc(F)cc2)o1. The maximum absolute atomic E-state index is 12.9. The number of carbonyl (C=O) groups excluding carboxylic acids is 1. The molecular weight excluding hydrogens is 377 g/mol. The number of carbonyl (C=O) groups is 1. The molecular formula is C18H15ClFN3O2S. The maximum atomic E-state index is 12.9. The molecule has 0 aliphatic carbocycles. The van der Waals surface area contributed by atoms with E-state index in [2.05, 4.69) is 15.5 Å². The van der Waals surface area contributed by atoms with Gasteiger partial charge in [-0.25, -0.2) is 4.39 Å². The molecule has 0 bridgehead atoms. The molecule has 26 heavy (non-hydrogen) atoms. The van der Waals surface area contributed by atoms with Crippen LogP contribution in [0.4, 0.5) is 10.4 Å². The van der Waals surface area contributed by atoms with Gasteiger partial charge in [0.1, 0.15) is 5.82 Å². The number of thioether (sulfide) groups is 1. The van der Waals surface area contributed by atoms with Gasteiger partial charge in [-0.2, -0.15) is 0 Å². The molecule has 0 saturated heterocycles. The number of halogens is 2. The molecule has 1 N–H and O–H groups in total. The Morgan fingerprint density at radius 2 is 1.85 bits per heavy atom. The fourth-order valence-corrected chi connectivity index (χ4v) is 3.10. The van der Waals surface area contributed by atoms with Gasteiger partial charge < -0.3 is 4.42 Å². The average Bonchev–Trinajstić information content (AvgIpc) is 3.05. The standard InChI is InChI=1S/C18H15ClFN3O2S/c19-13-3-7-15(8-4-13)26-10-9-16(24)21-18-23-22-17(25-18)11-12-1-5-14(20)6-2-12/h1-8H,9-11H2,(H,21,23,24). The van der Waals surface area contributed by atoms with E-state index in [0.717, 1.165) is 10.5 Å². The smallest absolute Gasteiger partial charge is 0.322 e. The van der Waals surface area contributed by atoms with Crippen molar-refractivity contribution in [2.24, 2.45) is 0 Å². The van der Waals surface area contributed by atoms with E-state index >= 15 is 0 Å². The van der Waals surface area contributed by atoms with Crippen molar-refractivity contribution in [3.05, 3.63) is 70.8 Å². The molecule has 0 aliphatic heterocycles. The van der Waals surface area contributed by atoms with Crippen molar-refractivity contribution < 1.29 is 13.6 Å². The van der Waals surface area contributed by atoms with Crippen molar-refractivity contribution in [3.63, 3.8) is 0 Å². The Morgan fingerprint density at radius 1 is 1.12 bits per heavy atom. The zero-order chi connectivity index (χ0) is 18.4. The lowest BCUT2D eigenvalue weighted by Crippen LogP contribution is -2.12. The molecule has 0 fully saturated rings. The van der Waals surface area contributed by atoms with E-state index in [1.54, 1.807) is 23.9 Å². The zero-order valence-corrected chi connectivity index (χ0v) is 15.2. The summed E-state index contributed by atoms with van der Waals surface area (Å²) in [5.41, 5.74) is 0.840. The molecule has 0 atom stereocenters. The Labute approximate surface area is 159 Å². The van der Waals surface area contributed by atoms with Crippen LogP contribution in [0.3, 0.4) is 0 Å². The van der Waals surface area contributed by atoms with E-state index in [4.69, 9.17) is 16.0 Å². The van der Waals surface area contributed by atoms with Crippen molar-refractivity contribution in [2.45, 2.75) is 17.7 Å². The number of nitrogens with zero attached hydrogens (tertiary/aromatic N) is 2. The van der Waals surface area contributed by atoms with Gasteiger partial charge in [0.05, 0.1) is 6.42 Å². The van der Waals surface area contributed by atoms with E-state index in [-0.39, 0.29) is 17.7 Å². The van der Waals surface area contributed by atoms with Gasteiger partial charge in [-0.15, -0.1) is 16.9 Å². The minimum absolute atomic E-state index is 0.0589. The van der Waals surface area contributed by atoms with Crippen molar-refractivity contribution in [2.75, 3.05) is 11.1 Å². The largest absolute Gasteiger partial charge is 0.407 e. The third-order valence-corrected chi connectivity index (χ3v) is 4.66. The van der Waals surface area contributed by atoms with E-state index in [1.807, 2.05) is 24.3 Å². The van der Waals surface area contributed by atoms with E-state index in [9.17, 15) is 9.18 Å². The first-order chi connectivity index (χ1) is 12.6. The van der Waals surface area contributed by atoms with Gasteiger partial charge in [-0.05, 0) is 42.0 Å². The summed E-state index contributed by atoms with van der Waals surface area (Å²) < 4.78 is 18.3. The highest BCUT2D eigenvalue weighted by atomic mass is 35.5. The van der Waals surface area contributed by atoms with Crippen molar-refractivity contribution in [3.8, 4) is 0 Å².